The molecule has 0 unspecified atom stereocenters. The van der Waals surface area contributed by atoms with Crippen LogP contribution in [0.3, 0.4) is 0 Å². The molecule has 0 bridgehead atoms. The third-order valence-corrected chi connectivity index (χ3v) is 6.18. The number of hydrogen-bond acceptors (Lipinski definition) is 5. The van der Waals surface area contributed by atoms with Crippen LogP contribution < -0.4 is 9.64 Å². The smallest absolute Gasteiger partial charge is 0.266 e. The lowest BCUT2D eigenvalue weighted by atomic mass is 10.3. The molecule has 0 fully saturated rings. The van der Waals surface area contributed by atoms with Crippen LogP contribution in [0.4, 0.5) is 5.13 Å². The molecule has 1 aromatic heterocycles. The fraction of sp³-hybridized carbons (Fsp3) is 0.333. The predicted octanol–water partition coefficient (Wildman–Crippen LogP) is 5.78. The normalized spacial score (nSPS) is 10.8. The largest absolute Gasteiger partial charge is 0.482 e. The first-order valence-electron chi connectivity index (χ1n) is 9.48. The van der Waals surface area contributed by atoms with Gasteiger partial charge in [0.2, 0.25) is 0 Å². The van der Waals surface area contributed by atoms with Gasteiger partial charge in [0.1, 0.15) is 5.75 Å². The van der Waals surface area contributed by atoms with Crippen LogP contribution >= 0.6 is 46.9 Å². The molecule has 0 aliphatic rings. The maximum Gasteiger partial charge on any atom is 0.266 e. The van der Waals surface area contributed by atoms with Gasteiger partial charge in [0.05, 0.1) is 15.2 Å². The van der Waals surface area contributed by atoms with Crippen LogP contribution in [0.25, 0.3) is 10.2 Å². The maximum absolute atomic E-state index is 13.0. The number of amides is 1. The number of benzene rings is 2. The summed E-state index contributed by atoms with van der Waals surface area (Å²) >= 11 is 13.6. The van der Waals surface area contributed by atoms with Gasteiger partial charge in [-0.05, 0) is 43.4 Å². The summed E-state index contributed by atoms with van der Waals surface area (Å²) < 4.78 is 6.72. The molecule has 2 aromatic carbocycles. The lowest BCUT2D eigenvalue weighted by Crippen LogP contribution is -2.41. The first-order chi connectivity index (χ1) is 14.0. The van der Waals surface area contributed by atoms with Gasteiger partial charge in [-0.15, -0.1) is 12.4 Å². The molecule has 0 radical (unpaired) electrons. The Labute approximate surface area is 197 Å². The Morgan fingerprint density at radius 3 is 2.50 bits per heavy atom. The summed E-state index contributed by atoms with van der Waals surface area (Å²) in [6.07, 6.45) is 0. The van der Waals surface area contributed by atoms with Gasteiger partial charge in [-0.1, -0.05) is 60.5 Å². The molecule has 3 aromatic rings. The van der Waals surface area contributed by atoms with E-state index >= 15 is 0 Å². The zero-order valence-electron chi connectivity index (χ0n) is 16.8. The maximum atomic E-state index is 13.0. The van der Waals surface area contributed by atoms with E-state index < -0.39 is 0 Å². The number of aromatic nitrogens is 1. The van der Waals surface area contributed by atoms with Crippen LogP contribution in [0.1, 0.15) is 13.8 Å². The van der Waals surface area contributed by atoms with Crippen molar-refractivity contribution in [3.8, 4) is 5.75 Å². The van der Waals surface area contributed by atoms with Crippen LogP contribution in [0, 0.1) is 0 Å². The highest BCUT2D eigenvalue weighted by Crippen LogP contribution is 2.30. The summed E-state index contributed by atoms with van der Waals surface area (Å²) in [5.41, 5.74) is 0.884. The summed E-state index contributed by atoms with van der Waals surface area (Å²) in [7, 11) is 0. The van der Waals surface area contributed by atoms with E-state index in [0.717, 1.165) is 29.9 Å². The quantitative estimate of drug-likeness (QED) is 0.383. The number of carbonyl (C=O) groups excluding carboxylic acids is 1. The topological polar surface area (TPSA) is 45.7 Å². The van der Waals surface area contributed by atoms with E-state index in [1.165, 1.54) is 11.3 Å². The fourth-order valence-corrected chi connectivity index (χ4v) is 4.37. The van der Waals surface area contributed by atoms with Gasteiger partial charge >= 0.3 is 0 Å². The van der Waals surface area contributed by atoms with Gasteiger partial charge in [-0.3, -0.25) is 9.69 Å². The summed E-state index contributed by atoms with van der Waals surface area (Å²) in [6, 6.07) is 12.8. The number of ether oxygens (including phenoxy) is 1. The molecule has 0 aliphatic carbocycles. The van der Waals surface area contributed by atoms with Crippen LogP contribution in [0.2, 0.25) is 10.0 Å². The zero-order valence-corrected chi connectivity index (χ0v) is 20.0. The van der Waals surface area contributed by atoms with Gasteiger partial charge in [-0.2, -0.15) is 0 Å². The summed E-state index contributed by atoms with van der Waals surface area (Å²) in [5.74, 6) is 0.264. The van der Waals surface area contributed by atoms with Gasteiger partial charge in [0.15, 0.2) is 11.7 Å². The number of thiazole rings is 1. The van der Waals surface area contributed by atoms with E-state index in [0.29, 0.717) is 27.5 Å². The van der Waals surface area contributed by atoms with Crippen molar-refractivity contribution in [2.75, 3.05) is 37.7 Å². The highest BCUT2D eigenvalue weighted by molar-refractivity contribution is 7.22. The Balaban J connectivity index is 0.00000320. The van der Waals surface area contributed by atoms with Crippen molar-refractivity contribution in [3.05, 3.63) is 52.5 Å². The van der Waals surface area contributed by atoms with E-state index in [1.54, 1.807) is 23.1 Å². The lowest BCUT2D eigenvalue weighted by Gasteiger charge is -2.24. The van der Waals surface area contributed by atoms with Crippen LogP contribution in [-0.2, 0) is 4.79 Å². The number of halogens is 3. The summed E-state index contributed by atoms with van der Waals surface area (Å²) in [6.45, 7) is 7.24. The zero-order chi connectivity index (χ0) is 20.8. The third kappa shape index (κ3) is 6.22. The molecule has 0 saturated heterocycles. The third-order valence-electron chi connectivity index (χ3n) is 4.59. The van der Waals surface area contributed by atoms with Crippen molar-refractivity contribution in [3.63, 3.8) is 0 Å². The monoisotopic (exact) mass is 487 g/mol. The molecule has 0 aliphatic heterocycles. The van der Waals surface area contributed by atoms with Crippen molar-refractivity contribution >= 4 is 68.2 Å². The van der Waals surface area contributed by atoms with Crippen molar-refractivity contribution in [1.29, 1.82) is 0 Å². The SMILES string of the molecule is CCN(CC)CCN(C(=O)COc1ccc(Cl)cc1Cl)c1nc2ccccc2s1.Cl. The van der Waals surface area contributed by atoms with Gasteiger partial charge in [0, 0.05) is 18.1 Å². The van der Waals surface area contributed by atoms with Gasteiger partial charge < -0.3 is 9.64 Å². The van der Waals surface area contributed by atoms with Gasteiger partial charge in [-0.25, -0.2) is 4.98 Å². The molecule has 1 heterocycles. The first kappa shape index (κ1) is 24.7. The number of hydrogen-bond donors (Lipinski definition) is 0. The minimum absolute atomic E-state index is 0. The Bertz CT molecular complexity index is 946. The minimum atomic E-state index is -0.165. The Kier molecular flexibility index (Phi) is 9.65. The Hall–Kier alpha value is -1.57. The molecule has 5 nitrogen and oxygen atoms in total. The highest BCUT2D eigenvalue weighted by Gasteiger charge is 2.21. The second-order valence-electron chi connectivity index (χ2n) is 6.40. The fourth-order valence-electron chi connectivity index (χ4n) is 2.89. The molecule has 30 heavy (non-hydrogen) atoms. The molecule has 0 spiro atoms. The summed E-state index contributed by atoms with van der Waals surface area (Å²) in [5, 5.41) is 1.57. The van der Waals surface area contributed by atoms with Crippen molar-refractivity contribution in [2.45, 2.75) is 13.8 Å². The number of fused-ring (bicyclic) bond motifs is 1. The second-order valence-corrected chi connectivity index (χ2v) is 8.25. The van der Waals surface area contributed by atoms with E-state index in [2.05, 4.69) is 23.7 Å². The standard InChI is InChI=1S/C21H23Cl2N3O2S.ClH/c1-3-25(4-2)11-12-26(21-24-17-7-5-6-8-19(17)29-21)20(27)14-28-18-10-9-15(22)13-16(18)23;/h5-10,13H,3-4,11-12,14H2,1-2H3;1H. The molecule has 9 heteroatoms. The molecule has 0 saturated carbocycles. The minimum Gasteiger partial charge on any atom is -0.482 e. The van der Waals surface area contributed by atoms with Crippen LogP contribution in [0.5, 0.6) is 5.75 Å². The molecule has 1 amide bonds. The molecule has 0 N–H and O–H groups in total. The number of para-hydroxylation sites is 1. The molecule has 162 valence electrons. The van der Waals surface area contributed by atoms with E-state index in [-0.39, 0.29) is 24.9 Å². The average molecular weight is 489 g/mol. The van der Waals surface area contributed by atoms with Crippen molar-refractivity contribution in [1.82, 2.24) is 9.88 Å². The number of likely N-dealkylation sites (N-methyl/N-ethyl adjacent to an activating group) is 1. The number of rotatable bonds is 9. The Morgan fingerprint density at radius 1 is 1.10 bits per heavy atom. The molecular weight excluding hydrogens is 465 g/mol. The van der Waals surface area contributed by atoms with Crippen LogP contribution in [0.15, 0.2) is 42.5 Å². The lowest BCUT2D eigenvalue weighted by molar-refractivity contribution is -0.120. The summed E-state index contributed by atoms with van der Waals surface area (Å²) in [4.78, 5) is 21.7. The second kappa shape index (κ2) is 11.7. The molecule has 3 rings (SSSR count). The first-order valence-corrected chi connectivity index (χ1v) is 11.0. The van der Waals surface area contributed by atoms with Gasteiger partial charge in [0.25, 0.3) is 5.91 Å². The van der Waals surface area contributed by atoms with E-state index in [9.17, 15) is 4.79 Å². The molecular formula is C21H24Cl3N3O2S. The number of carbonyl (C=O) groups is 1. The molecule has 0 atom stereocenters. The predicted molar refractivity (Wildman–Crippen MR) is 129 cm³/mol. The average Bonchev–Trinajstić information content (AvgIpc) is 3.14. The van der Waals surface area contributed by atoms with E-state index in [1.807, 2.05) is 24.3 Å². The highest BCUT2D eigenvalue weighted by atomic mass is 35.5. The van der Waals surface area contributed by atoms with Crippen molar-refractivity contribution in [2.24, 2.45) is 0 Å². The number of anilines is 1. The van der Waals surface area contributed by atoms with Crippen LogP contribution in [-0.4, -0.2) is 48.6 Å². The van der Waals surface area contributed by atoms with E-state index in [4.69, 9.17) is 27.9 Å². The number of nitrogens with zero attached hydrogens (tertiary/aromatic N) is 3. The Morgan fingerprint density at radius 2 is 1.83 bits per heavy atom. The van der Waals surface area contributed by atoms with Crippen molar-refractivity contribution < 1.29 is 9.53 Å².